The van der Waals surface area contributed by atoms with E-state index in [1.807, 2.05) is 24.4 Å². The minimum atomic E-state index is -0.525. The van der Waals surface area contributed by atoms with E-state index in [9.17, 15) is 10.1 Å². The van der Waals surface area contributed by atoms with E-state index in [-0.39, 0.29) is 18.4 Å². The van der Waals surface area contributed by atoms with Gasteiger partial charge in [-0.3, -0.25) is 0 Å². The van der Waals surface area contributed by atoms with Gasteiger partial charge in [0.2, 0.25) is 11.7 Å². The average molecular weight is 337 g/mol. The number of hydrogen-bond donors (Lipinski definition) is 0. The molecule has 0 fully saturated rings. The number of esters is 1. The van der Waals surface area contributed by atoms with Gasteiger partial charge in [0, 0.05) is 28.7 Å². The molecule has 0 aliphatic rings. The molecule has 6 heteroatoms. The predicted molar refractivity (Wildman–Crippen MR) is 93.2 cm³/mol. The van der Waals surface area contributed by atoms with E-state index in [1.165, 1.54) is 0 Å². The van der Waals surface area contributed by atoms with Gasteiger partial charge >= 0.3 is 5.97 Å². The lowest BCUT2D eigenvalue weighted by atomic mass is 10.1. The number of nitriles is 1. The van der Waals surface area contributed by atoms with Crippen LogP contribution in [0.15, 0.2) is 28.8 Å². The minimum Gasteiger partial charge on any atom is -0.460 e. The van der Waals surface area contributed by atoms with E-state index in [4.69, 9.17) is 9.15 Å². The highest BCUT2D eigenvalue weighted by molar-refractivity contribution is 5.91. The molecule has 6 nitrogen and oxygen atoms in total. The number of nitrogens with zero attached hydrogens (tertiary/aromatic N) is 3. The Hall–Kier alpha value is -3.07. The van der Waals surface area contributed by atoms with Crippen molar-refractivity contribution in [1.29, 1.82) is 5.26 Å². The zero-order valence-corrected chi connectivity index (χ0v) is 14.7. The molecule has 128 valence electrons. The summed E-state index contributed by atoms with van der Waals surface area (Å²) in [6, 6.07) is 8.16. The number of benzene rings is 1. The highest BCUT2D eigenvalue weighted by Gasteiger charge is 2.20. The molecule has 0 N–H and O–H groups in total. The first kappa shape index (κ1) is 16.8. The Kier molecular flexibility index (Phi) is 4.32. The molecule has 2 aromatic heterocycles. The van der Waals surface area contributed by atoms with Crippen LogP contribution in [-0.4, -0.2) is 22.1 Å². The average Bonchev–Trinajstić information content (AvgIpc) is 3.15. The first-order valence-electron chi connectivity index (χ1n) is 8.15. The van der Waals surface area contributed by atoms with Crippen LogP contribution in [0, 0.1) is 18.3 Å². The molecule has 25 heavy (non-hydrogen) atoms. The Balaban J connectivity index is 2.10. The maximum atomic E-state index is 11.9. The Morgan fingerprint density at radius 3 is 2.84 bits per heavy atom. The van der Waals surface area contributed by atoms with Crippen molar-refractivity contribution < 1.29 is 13.9 Å². The summed E-state index contributed by atoms with van der Waals surface area (Å²) in [5, 5.41) is 10.2. The van der Waals surface area contributed by atoms with Crippen LogP contribution in [-0.2, 0) is 4.74 Å². The number of oxazole rings is 1. The van der Waals surface area contributed by atoms with E-state index in [2.05, 4.69) is 29.5 Å². The van der Waals surface area contributed by atoms with Gasteiger partial charge in [0.15, 0.2) is 0 Å². The van der Waals surface area contributed by atoms with E-state index < -0.39 is 5.97 Å². The minimum absolute atomic E-state index is 0.109. The van der Waals surface area contributed by atoms with Crippen molar-refractivity contribution in [3.63, 3.8) is 0 Å². The van der Waals surface area contributed by atoms with Crippen molar-refractivity contribution in [3.8, 4) is 17.5 Å². The van der Waals surface area contributed by atoms with Gasteiger partial charge in [-0.1, -0.05) is 0 Å². The first-order valence-corrected chi connectivity index (χ1v) is 8.15. The summed E-state index contributed by atoms with van der Waals surface area (Å²) in [5.74, 6) is -0.0793. The molecule has 0 saturated heterocycles. The van der Waals surface area contributed by atoms with Crippen LogP contribution in [0.2, 0.25) is 0 Å². The van der Waals surface area contributed by atoms with Crippen LogP contribution in [0.1, 0.15) is 48.6 Å². The summed E-state index contributed by atoms with van der Waals surface area (Å²) in [5.41, 5.74) is 2.77. The predicted octanol–water partition coefficient (Wildman–Crippen LogP) is 4.23. The van der Waals surface area contributed by atoms with Crippen molar-refractivity contribution in [2.45, 2.75) is 33.7 Å². The molecule has 0 aliphatic heterocycles. The van der Waals surface area contributed by atoms with Gasteiger partial charge in [-0.15, -0.1) is 0 Å². The van der Waals surface area contributed by atoms with Gasteiger partial charge in [-0.25, -0.2) is 9.78 Å². The smallest absolute Gasteiger partial charge is 0.376 e. The number of aryl methyl sites for hydroxylation is 1. The van der Waals surface area contributed by atoms with Crippen molar-refractivity contribution >= 4 is 16.9 Å². The van der Waals surface area contributed by atoms with Crippen LogP contribution in [0.5, 0.6) is 0 Å². The molecule has 1 aromatic carbocycles. The second kappa shape index (κ2) is 6.44. The van der Waals surface area contributed by atoms with Crippen LogP contribution in [0.4, 0.5) is 0 Å². The number of fused-ring (bicyclic) bond motifs is 1. The number of rotatable bonds is 4. The number of carbonyl (C=O) groups excluding carboxylic acids is 1. The number of ether oxygens (including phenoxy) is 1. The van der Waals surface area contributed by atoms with Crippen LogP contribution < -0.4 is 0 Å². The molecule has 0 unspecified atom stereocenters. The topological polar surface area (TPSA) is 81.0 Å². The zero-order chi connectivity index (χ0) is 18.1. The highest BCUT2D eigenvalue weighted by Crippen LogP contribution is 2.30. The molecular weight excluding hydrogens is 318 g/mol. The molecule has 0 amide bonds. The summed E-state index contributed by atoms with van der Waals surface area (Å²) in [6.45, 7) is 7.85. The lowest BCUT2D eigenvalue weighted by Crippen LogP contribution is -2.04. The molecule has 0 bridgehead atoms. The number of carbonyl (C=O) groups is 1. The van der Waals surface area contributed by atoms with Crippen molar-refractivity contribution in [3.05, 3.63) is 41.4 Å². The fraction of sp³-hybridized carbons (Fsp3) is 0.316. The summed E-state index contributed by atoms with van der Waals surface area (Å²) in [4.78, 5) is 16.2. The third-order valence-corrected chi connectivity index (χ3v) is 4.01. The van der Waals surface area contributed by atoms with Gasteiger partial charge in [0.05, 0.1) is 17.9 Å². The lowest BCUT2D eigenvalue weighted by molar-refractivity contribution is 0.0490. The van der Waals surface area contributed by atoms with Crippen LogP contribution >= 0.6 is 0 Å². The Labute approximate surface area is 145 Å². The molecule has 0 atom stereocenters. The standard InChI is InChI=1S/C19H19N3O3/c1-5-24-19(23)17-12(4)21-18(25-17)13-6-7-16-15(8-13)14(9-20)10-22(16)11(2)3/h6-8,10-11H,5H2,1-4H3. The molecule has 0 radical (unpaired) electrons. The quantitative estimate of drug-likeness (QED) is 0.665. The molecule has 3 rings (SSSR count). The van der Waals surface area contributed by atoms with Gasteiger partial charge in [-0.2, -0.15) is 5.26 Å². The number of hydrogen-bond acceptors (Lipinski definition) is 5. The molecule has 2 heterocycles. The van der Waals surface area contributed by atoms with Crippen LogP contribution in [0.3, 0.4) is 0 Å². The maximum Gasteiger partial charge on any atom is 0.376 e. The Morgan fingerprint density at radius 2 is 2.20 bits per heavy atom. The lowest BCUT2D eigenvalue weighted by Gasteiger charge is -2.08. The van der Waals surface area contributed by atoms with E-state index >= 15 is 0 Å². The van der Waals surface area contributed by atoms with Crippen molar-refractivity contribution in [2.75, 3.05) is 6.61 Å². The summed E-state index contributed by atoms with van der Waals surface area (Å²) in [6.07, 6.45) is 1.85. The fourth-order valence-electron chi connectivity index (χ4n) is 2.81. The third kappa shape index (κ3) is 2.89. The molecule has 3 aromatic rings. The maximum absolute atomic E-state index is 11.9. The van der Waals surface area contributed by atoms with Crippen molar-refractivity contribution in [1.82, 2.24) is 9.55 Å². The van der Waals surface area contributed by atoms with E-state index in [0.717, 1.165) is 10.9 Å². The molecular formula is C19H19N3O3. The Morgan fingerprint density at radius 1 is 1.44 bits per heavy atom. The Bertz CT molecular complexity index is 989. The van der Waals surface area contributed by atoms with Crippen molar-refractivity contribution in [2.24, 2.45) is 0 Å². The molecule has 0 aliphatic carbocycles. The second-order valence-corrected chi connectivity index (χ2v) is 6.04. The molecule has 0 saturated carbocycles. The van der Waals surface area contributed by atoms with Gasteiger partial charge in [0.1, 0.15) is 6.07 Å². The zero-order valence-electron chi connectivity index (χ0n) is 14.7. The monoisotopic (exact) mass is 337 g/mol. The fourth-order valence-corrected chi connectivity index (χ4v) is 2.81. The molecule has 0 spiro atoms. The van der Waals surface area contributed by atoms with Gasteiger partial charge in [0.25, 0.3) is 0 Å². The highest BCUT2D eigenvalue weighted by atomic mass is 16.5. The first-order chi connectivity index (χ1) is 12.0. The SMILES string of the molecule is CCOC(=O)c1oc(-c2ccc3c(c2)c(C#N)cn3C(C)C)nc1C. The van der Waals surface area contributed by atoms with E-state index in [0.29, 0.717) is 22.7 Å². The summed E-state index contributed by atoms with van der Waals surface area (Å²) < 4.78 is 12.6. The van der Waals surface area contributed by atoms with Gasteiger partial charge in [-0.05, 0) is 45.9 Å². The van der Waals surface area contributed by atoms with E-state index in [1.54, 1.807) is 13.8 Å². The second-order valence-electron chi connectivity index (χ2n) is 6.04. The summed E-state index contributed by atoms with van der Waals surface area (Å²) in [7, 11) is 0. The van der Waals surface area contributed by atoms with Crippen LogP contribution in [0.25, 0.3) is 22.4 Å². The third-order valence-electron chi connectivity index (χ3n) is 4.01. The largest absolute Gasteiger partial charge is 0.460 e. The summed E-state index contributed by atoms with van der Waals surface area (Å²) >= 11 is 0. The number of aromatic nitrogens is 2. The normalized spacial score (nSPS) is 11.0. The van der Waals surface area contributed by atoms with Gasteiger partial charge < -0.3 is 13.7 Å².